The van der Waals surface area contributed by atoms with Crippen molar-refractivity contribution >= 4 is 6.03 Å². The van der Waals surface area contributed by atoms with Crippen molar-refractivity contribution in [3.8, 4) is 11.4 Å². The van der Waals surface area contributed by atoms with Crippen LogP contribution in [0.1, 0.15) is 18.7 Å². The first-order valence-corrected chi connectivity index (χ1v) is 7.67. The molecule has 0 atom stereocenters. The van der Waals surface area contributed by atoms with Crippen molar-refractivity contribution < 1.29 is 18.1 Å². The molecule has 2 aromatic rings. The average Bonchev–Trinajstić information content (AvgIpc) is 3.04. The number of hydrogen-bond donors (Lipinski definition) is 1. The minimum Gasteiger partial charge on any atom is -0.339 e. The monoisotopic (exact) mass is 337 g/mol. The number of likely N-dealkylation sites (tertiary alicyclic amines) is 1. The van der Waals surface area contributed by atoms with Crippen LogP contribution in [0.4, 0.5) is 13.6 Å². The van der Waals surface area contributed by atoms with Crippen LogP contribution in [-0.2, 0) is 6.42 Å². The average molecular weight is 337 g/mol. The Balaban J connectivity index is 1.45. The van der Waals surface area contributed by atoms with E-state index in [0.717, 1.165) is 5.56 Å². The Morgan fingerprint density at radius 2 is 2.17 bits per heavy atom. The first-order valence-electron chi connectivity index (χ1n) is 7.67. The second-order valence-corrected chi connectivity index (χ2v) is 5.58. The maximum Gasteiger partial charge on any atom is 0.317 e. The van der Waals surface area contributed by atoms with Gasteiger partial charge < -0.3 is 14.7 Å². The van der Waals surface area contributed by atoms with E-state index in [1.807, 2.05) is 6.07 Å². The third-order valence-corrected chi connectivity index (χ3v) is 3.79. The predicted molar refractivity (Wildman–Crippen MR) is 80.4 cm³/mol. The molecular formula is C15H17F2N5O2. The van der Waals surface area contributed by atoms with Crippen molar-refractivity contribution in [2.75, 3.05) is 19.6 Å². The Hall–Kier alpha value is -2.58. The molecule has 0 saturated carbocycles. The summed E-state index contributed by atoms with van der Waals surface area (Å²) in [5.74, 6) is -1.84. The lowest BCUT2D eigenvalue weighted by molar-refractivity contribution is -0.0469. The van der Waals surface area contributed by atoms with E-state index in [0.29, 0.717) is 24.7 Å². The van der Waals surface area contributed by atoms with Gasteiger partial charge in [0.05, 0.1) is 0 Å². The molecule has 1 aliphatic rings. The molecule has 7 nitrogen and oxygen atoms in total. The standard InChI is InChI=1S/C15H17F2N5O2/c16-15(17)4-8-22(9-5-15)14(23)19-7-3-12-20-13(21-24-12)11-2-1-6-18-10-11/h1-2,6,10H,3-5,7-9H2,(H,19,23). The molecule has 9 heteroatoms. The van der Waals surface area contributed by atoms with E-state index >= 15 is 0 Å². The van der Waals surface area contributed by atoms with Gasteiger partial charge in [0.15, 0.2) is 0 Å². The minimum absolute atomic E-state index is 0.0601. The Kier molecular flexibility index (Phi) is 4.68. The lowest BCUT2D eigenvalue weighted by Gasteiger charge is -2.31. The SMILES string of the molecule is O=C(NCCc1nc(-c2cccnc2)no1)N1CCC(F)(F)CC1. The Labute approximate surface area is 137 Å². The number of nitrogens with zero attached hydrogens (tertiary/aromatic N) is 4. The first kappa shape index (κ1) is 16.3. The van der Waals surface area contributed by atoms with Crippen LogP contribution in [0.5, 0.6) is 0 Å². The molecule has 1 N–H and O–H groups in total. The molecule has 0 bridgehead atoms. The number of urea groups is 1. The van der Waals surface area contributed by atoms with Crippen LogP contribution in [0.15, 0.2) is 29.0 Å². The molecule has 128 valence electrons. The molecule has 2 aromatic heterocycles. The van der Waals surface area contributed by atoms with Gasteiger partial charge in [0.1, 0.15) is 0 Å². The normalized spacial score (nSPS) is 16.8. The van der Waals surface area contributed by atoms with Gasteiger partial charge in [-0.2, -0.15) is 4.98 Å². The molecule has 1 aliphatic heterocycles. The topological polar surface area (TPSA) is 84.2 Å². The molecule has 0 aromatic carbocycles. The van der Waals surface area contributed by atoms with Gasteiger partial charge in [-0.15, -0.1) is 0 Å². The summed E-state index contributed by atoms with van der Waals surface area (Å²) >= 11 is 0. The van der Waals surface area contributed by atoms with Crippen LogP contribution in [0.3, 0.4) is 0 Å². The fourth-order valence-corrected chi connectivity index (χ4v) is 2.39. The van der Waals surface area contributed by atoms with Gasteiger partial charge in [0.25, 0.3) is 5.92 Å². The zero-order chi connectivity index (χ0) is 17.0. The smallest absolute Gasteiger partial charge is 0.317 e. The summed E-state index contributed by atoms with van der Waals surface area (Å²) in [5, 5.41) is 6.54. The highest BCUT2D eigenvalue weighted by Crippen LogP contribution is 2.27. The number of alkyl halides is 2. The van der Waals surface area contributed by atoms with Gasteiger partial charge in [-0.3, -0.25) is 4.98 Å². The van der Waals surface area contributed by atoms with Crippen molar-refractivity contribution in [1.82, 2.24) is 25.3 Å². The van der Waals surface area contributed by atoms with Crippen LogP contribution < -0.4 is 5.32 Å². The number of carbonyl (C=O) groups excluding carboxylic acids is 1. The molecule has 1 saturated heterocycles. The number of hydrogen-bond acceptors (Lipinski definition) is 5. The Morgan fingerprint density at radius 3 is 2.88 bits per heavy atom. The summed E-state index contributed by atoms with van der Waals surface area (Å²) < 4.78 is 31.3. The third kappa shape index (κ3) is 4.03. The van der Waals surface area contributed by atoms with Crippen molar-refractivity contribution in [3.05, 3.63) is 30.4 Å². The second-order valence-electron chi connectivity index (χ2n) is 5.58. The minimum atomic E-state index is -2.66. The quantitative estimate of drug-likeness (QED) is 0.924. The van der Waals surface area contributed by atoms with Gasteiger partial charge in [0, 0.05) is 56.9 Å². The number of pyridine rings is 1. The summed E-state index contributed by atoms with van der Waals surface area (Å²) in [6.07, 6.45) is 3.05. The summed E-state index contributed by atoms with van der Waals surface area (Å²) in [7, 11) is 0. The number of nitrogens with one attached hydrogen (secondary N) is 1. The summed E-state index contributed by atoms with van der Waals surface area (Å²) in [6, 6.07) is 3.24. The number of carbonyl (C=O) groups is 1. The van der Waals surface area contributed by atoms with Crippen molar-refractivity contribution in [2.45, 2.75) is 25.2 Å². The second kappa shape index (κ2) is 6.90. The van der Waals surface area contributed by atoms with Crippen molar-refractivity contribution in [3.63, 3.8) is 0 Å². The van der Waals surface area contributed by atoms with Crippen LogP contribution in [-0.4, -0.2) is 51.6 Å². The van der Waals surface area contributed by atoms with Gasteiger partial charge in [-0.25, -0.2) is 13.6 Å². The Bertz CT molecular complexity index is 682. The lowest BCUT2D eigenvalue weighted by Crippen LogP contribution is -2.47. The zero-order valence-corrected chi connectivity index (χ0v) is 12.9. The molecular weight excluding hydrogens is 320 g/mol. The maximum atomic E-state index is 13.1. The lowest BCUT2D eigenvalue weighted by atomic mass is 10.1. The van der Waals surface area contributed by atoms with Crippen molar-refractivity contribution in [1.29, 1.82) is 0 Å². The summed E-state index contributed by atoms with van der Waals surface area (Å²) in [6.45, 7) is 0.412. The van der Waals surface area contributed by atoms with E-state index < -0.39 is 5.92 Å². The number of aromatic nitrogens is 3. The van der Waals surface area contributed by atoms with Gasteiger partial charge in [-0.1, -0.05) is 5.16 Å². The maximum absolute atomic E-state index is 13.1. The number of rotatable bonds is 4. The third-order valence-electron chi connectivity index (χ3n) is 3.79. The largest absolute Gasteiger partial charge is 0.339 e. The fourth-order valence-electron chi connectivity index (χ4n) is 2.39. The van der Waals surface area contributed by atoms with E-state index in [1.54, 1.807) is 18.5 Å². The van der Waals surface area contributed by atoms with Gasteiger partial charge in [0.2, 0.25) is 11.7 Å². The van der Waals surface area contributed by atoms with Gasteiger partial charge in [-0.05, 0) is 12.1 Å². The van der Waals surface area contributed by atoms with Gasteiger partial charge >= 0.3 is 6.03 Å². The predicted octanol–water partition coefficient (Wildman–Crippen LogP) is 2.11. The highest BCUT2D eigenvalue weighted by Gasteiger charge is 2.35. The van der Waals surface area contributed by atoms with Crippen LogP contribution in [0.2, 0.25) is 0 Å². The highest BCUT2D eigenvalue weighted by molar-refractivity contribution is 5.74. The number of amides is 2. The molecule has 0 aliphatic carbocycles. The summed E-state index contributed by atoms with van der Waals surface area (Å²) in [4.78, 5) is 21.5. The molecule has 0 unspecified atom stereocenters. The van der Waals surface area contributed by atoms with Crippen LogP contribution in [0, 0.1) is 0 Å². The van der Waals surface area contributed by atoms with E-state index in [-0.39, 0.29) is 32.0 Å². The molecule has 0 spiro atoms. The van der Waals surface area contributed by atoms with Crippen molar-refractivity contribution in [2.24, 2.45) is 0 Å². The van der Waals surface area contributed by atoms with Crippen LogP contribution >= 0.6 is 0 Å². The number of piperidine rings is 1. The summed E-state index contributed by atoms with van der Waals surface area (Å²) in [5.41, 5.74) is 0.741. The molecule has 2 amide bonds. The zero-order valence-electron chi connectivity index (χ0n) is 12.9. The molecule has 3 heterocycles. The van der Waals surface area contributed by atoms with E-state index in [9.17, 15) is 13.6 Å². The van der Waals surface area contributed by atoms with Crippen LogP contribution in [0.25, 0.3) is 11.4 Å². The fraction of sp³-hybridized carbons (Fsp3) is 0.467. The molecule has 24 heavy (non-hydrogen) atoms. The first-order chi connectivity index (χ1) is 11.5. The molecule has 3 rings (SSSR count). The van der Waals surface area contributed by atoms with E-state index in [4.69, 9.17) is 4.52 Å². The molecule has 1 fully saturated rings. The molecule has 0 radical (unpaired) electrons. The highest BCUT2D eigenvalue weighted by atomic mass is 19.3. The van der Waals surface area contributed by atoms with E-state index in [1.165, 1.54) is 4.90 Å². The Morgan fingerprint density at radius 1 is 1.38 bits per heavy atom. The van der Waals surface area contributed by atoms with E-state index in [2.05, 4.69) is 20.4 Å². The number of halogens is 2.